The molecule has 0 aliphatic carbocycles. The number of hydrogen-bond donors (Lipinski definition) is 2. The number of nitrogens with zero attached hydrogens (tertiary/aromatic N) is 1. The van der Waals surface area contributed by atoms with Gasteiger partial charge in [-0.25, -0.2) is 8.42 Å². The van der Waals surface area contributed by atoms with Crippen LogP contribution in [-0.4, -0.2) is 14.3 Å². The first kappa shape index (κ1) is 19.6. The number of anilines is 2. The summed E-state index contributed by atoms with van der Waals surface area (Å²) in [6, 6.07) is 16.2. The van der Waals surface area contributed by atoms with Gasteiger partial charge < -0.3 is 5.32 Å². The molecule has 1 aromatic heterocycles. The summed E-state index contributed by atoms with van der Waals surface area (Å²) in [6.45, 7) is 3.73. The van der Waals surface area contributed by atoms with Crippen LogP contribution in [0.25, 0.3) is 0 Å². The Morgan fingerprint density at radius 3 is 2.29 bits per heavy atom. The Hall–Kier alpha value is -3.15. The number of carbonyl (C=O) groups is 1. The highest BCUT2D eigenvalue weighted by atomic mass is 32.2. The minimum atomic E-state index is -3.69. The number of amides is 1. The maximum atomic E-state index is 12.5. The molecule has 3 rings (SSSR count). The highest BCUT2D eigenvalue weighted by molar-refractivity contribution is 7.92. The van der Waals surface area contributed by atoms with Crippen LogP contribution < -0.4 is 10.0 Å². The number of aryl methyl sites for hydroxylation is 1. The maximum Gasteiger partial charge on any atom is 0.261 e. The number of nitriles is 1. The average molecular weight is 412 g/mol. The molecule has 6 nitrogen and oxygen atoms in total. The van der Waals surface area contributed by atoms with Gasteiger partial charge in [0, 0.05) is 16.1 Å². The Bertz CT molecular complexity index is 1160. The Labute approximate surface area is 167 Å². The molecule has 8 heteroatoms. The molecule has 0 saturated heterocycles. The number of nitrogens with one attached hydrogen (secondary N) is 2. The molecule has 0 aliphatic rings. The zero-order valence-corrected chi connectivity index (χ0v) is 16.8. The van der Waals surface area contributed by atoms with Crippen LogP contribution in [0.1, 0.15) is 26.4 Å². The minimum Gasteiger partial charge on any atom is -0.312 e. The molecular weight excluding hydrogens is 394 g/mol. The second-order valence-electron chi connectivity index (χ2n) is 6.05. The monoisotopic (exact) mass is 411 g/mol. The minimum absolute atomic E-state index is 0.157. The van der Waals surface area contributed by atoms with E-state index in [1.165, 1.54) is 47.7 Å². The van der Waals surface area contributed by atoms with E-state index >= 15 is 0 Å². The summed E-state index contributed by atoms with van der Waals surface area (Å²) in [4.78, 5) is 13.6. The highest BCUT2D eigenvalue weighted by Crippen LogP contribution is 2.32. The number of hydrogen-bond acceptors (Lipinski definition) is 5. The van der Waals surface area contributed by atoms with E-state index < -0.39 is 10.0 Å². The van der Waals surface area contributed by atoms with Crippen LogP contribution in [0.4, 0.5) is 10.7 Å². The first-order valence-corrected chi connectivity index (χ1v) is 10.6. The smallest absolute Gasteiger partial charge is 0.261 e. The maximum absolute atomic E-state index is 12.5. The second kappa shape index (κ2) is 7.84. The van der Waals surface area contributed by atoms with Crippen molar-refractivity contribution >= 4 is 38.0 Å². The molecular formula is C20H17N3O3S2. The second-order valence-corrected chi connectivity index (χ2v) is 8.96. The molecule has 1 amide bonds. The molecule has 2 aromatic carbocycles. The van der Waals surface area contributed by atoms with Crippen LogP contribution in [-0.2, 0) is 10.0 Å². The number of rotatable bonds is 5. The normalized spacial score (nSPS) is 10.9. The number of thiophene rings is 1. The van der Waals surface area contributed by atoms with Gasteiger partial charge in [-0.3, -0.25) is 9.52 Å². The lowest BCUT2D eigenvalue weighted by Crippen LogP contribution is -2.14. The van der Waals surface area contributed by atoms with Gasteiger partial charge in [0.05, 0.1) is 10.5 Å². The van der Waals surface area contributed by atoms with Crippen molar-refractivity contribution in [3.05, 3.63) is 76.2 Å². The van der Waals surface area contributed by atoms with Crippen molar-refractivity contribution in [2.24, 2.45) is 0 Å². The lowest BCUT2D eigenvalue weighted by molar-refractivity contribution is 0.102. The van der Waals surface area contributed by atoms with Gasteiger partial charge >= 0.3 is 0 Å². The van der Waals surface area contributed by atoms with Crippen LogP contribution in [0.2, 0.25) is 0 Å². The molecule has 0 radical (unpaired) electrons. The first-order chi connectivity index (χ1) is 13.3. The fraction of sp³-hybridized carbons (Fsp3) is 0.100. The van der Waals surface area contributed by atoms with Gasteiger partial charge in [0.1, 0.15) is 11.1 Å². The average Bonchev–Trinajstić information content (AvgIpc) is 2.95. The molecule has 142 valence electrons. The molecule has 3 aromatic rings. The Kier molecular flexibility index (Phi) is 5.49. The fourth-order valence-electron chi connectivity index (χ4n) is 2.53. The molecule has 0 fully saturated rings. The largest absolute Gasteiger partial charge is 0.312 e. The first-order valence-electron chi connectivity index (χ1n) is 8.31. The molecule has 0 saturated carbocycles. The van der Waals surface area contributed by atoms with Gasteiger partial charge in [-0.15, -0.1) is 11.3 Å². The number of benzene rings is 2. The Morgan fingerprint density at radius 2 is 1.68 bits per heavy atom. The summed E-state index contributed by atoms with van der Waals surface area (Å²) < 4.78 is 27.2. The summed E-state index contributed by atoms with van der Waals surface area (Å²) in [6.07, 6.45) is 0. The van der Waals surface area contributed by atoms with Gasteiger partial charge in [-0.2, -0.15) is 5.26 Å². The highest BCUT2D eigenvalue weighted by Gasteiger charge is 2.17. The molecule has 0 aliphatic heterocycles. The van der Waals surface area contributed by atoms with Gasteiger partial charge in [0.25, 0.3) is 15.9 Å². The zero-order valence-electron chi connectivity index (χ0n) is 15.2. The summed E-state index contributed by atoms with van der Waals surface area (Å²) >= 11 is 1.35. The molecule has 0 spiro atoms. The Balaban J connectivity index is 1.75. The summed E-state index contributed by atoms with van der Waals surface area (Å²) in [5.74, 6) is -0.366. The quantitative estimate of drug-likeness (QED) is 0.654. The Morgan fingerprint density at radius 1 is 1.04 bits per heavy atom. The topological polar surface area (TPSA) is 99.1 Å². The van der Waals surface area contributed by atoms with Gasteiger partial charge in [0.15, 0.2) is 0 Å². The van der Waals surface area contributed by atoms with Crippen molar-refractivity contribution in [1.82, 2.24) is 0 Å². The summed E-state index contributed by atoms with van der Waals surface area (Å²) in [5, 5.41) is 12.5. The van der Waals surface area contributed by atoms with E-state index in [1.54, 1.807) is 18.2 Å². The zero-order chi connectivity index (χ0) is 20.3. The van der Waals surface area contributed by atoms with E-state index in [0.29, 0.717) is 21.8 Å². The van der Waals surface area contributed by atoms with E-state index in [0.717, 1.165) is 10.4 Å². The summed E-state index contributed by atoms with van der Waals surface area (Å²) in [5.41, 5.74) is 2.02. The number of carbonyl (C=O) groups excluding carboxylic acids is 1. The SMILES string of the molecule is Cc1sc(NC(=O)c2ccc(NS(=O)(=O)c3ccccc3)cc2)c(C#N)c1C. The van der Waals surface area contributed by atoms with Crippen LogP contribution in [0.3, 0.4) is 0 Å². The molecule has 0 bridgehead atoms. The molecule has 1 heterocycles. The van der Waals surface area contributed by atoms with Gasteiger partial charge in [0.2, 0.25) is 0 Å². The van der Waals surface area contributed by atoms with Crippen molar-refractivity contribution in [2.45, 2.75) is 18.7 Å². The van der Waals surface area contributed by atoms with Crippen LogP contribution in [0.5, 0.6) is 0 Å². The molecule has 28 heavy (non-hydrogen) atoms. The summed E-state index contributed by atoms with van der Waals surface area (Å²) in [7, 11) is -3.69. The van der Waals surface area contributed by atoms with E-state index in [4.69, 9.17) is 0 Å². The van der Waals surface area contributed by atoms with E-state index in [2.05, 4.69) is 16.1 Å². The number of sulfonamides is 1. The van der Waals surface area contributed by atoms with Gasteiger partial charge in [-0.05, 0) is 55.8 Å². The third-order valence-electron chi connectivity index (χ3n) is 4.18. The third kappa shape index (κ3) is 4.06. The fourth-order valence-corrected chi connectivity index (χ4v) is 4.61. The standard InChI is InChI=1S/C20H17N3O3S2/c1-13-14(2)27-20(18(13)12-21)22-19(24)15-8-10-16(11-9-15)23-28(25,26)17-6-4-3-5-7-17/h3-11,23H,1-2H3,(H,22,24). The molecule has 0 unspecified atom stereocenters. The van der Waals surface area contributed by atoms with Crippen molar-refractivity contribution in [2.75, 3.05) is 10.0 Å². The van der Waals surface area contributed by atoms with Crippen molar-refractivity contribution in [3.63, 3.8) is 0 Å². The molecule has 2 N–H and O–H groups in total. The van der Waals surface area contributed by atoms with E-state index in [-0.39, 0.29) is 10.8 Å². The van der Waals surface area contributed by atoms with Crippen LogP contribution in [0.15, 0.2) is 59.5 Å². The third-order valence-corrected chi connectivity index (χ3v) is 6.70. The predicted octanol–water partition coefficient (Wildman–Crippen LogP) is 4.29. The molecule has 0 atom stereocenters. The van der Waals surface area contributed by atoms with Crippen LogP contribution >= 0.6 is 11.3 Å². The van der Waals surface area contributed by atoms with E-state index in [1.807, 2.05) is 13.8 Å². The van der Waals surface area contributed by atoms with Crippen molar-refractivity contribution in [1.29, 1.82) is 5.26 Å². The predicted molar refractivity (Wildman–Crippen MR) is 110 cm³/mol. The lowest BCUT2D eigenvalue weighted by atomic mass is 10.1. The van der Waals surface area contributed by atoms with E-state index in [9.17, 15) is 18.5 Å². The van der Waals surface area contributed by atoms with Crippen molar-refractivity contribution < 1.29 is 13.2 Å². The van der Waals surface area contributed by atoms with Crippen LogP contribution in [0, 0.1) is 25.2 Å². The van der Waals surface area contributed by atoms with Gasteiger partial charge in [-0.1, -0.05) is 18.2 Å². The van der Waals surface area contributed by atoms with Crippen molar-refractivity contribution in [3.8, 4) is 6.07 Å². The lowest BCUT2D eigenvalue weighted by Gasteiger charge is -2.09.